The quantitative estimate of drug-likeness (QED) is 0.382. The second-order valence-corrected chi connectivity index (χ2v) is 7.04. The Bertz CT molecular complexity index is 1010. The number of hydrogen-bond donors (Lipinski definition) is 1. The summed E-state index contributed by atoms with van der Waals surface area (Å²) in [4.78, 5) is 39.2. The minimum absolute atomic E-state index is 0.0317. The summed E-state index contributed by atoms with van der Waals surface area (Å²) in [6.45, 7) is 3.29. The zero-order valence-electron chi connectivity index (χ0n) is 18.0. The fraction of sp³-hybridized carbons (Fsp3) is 0.292. The van der Waals surface area contributed by atoms with E-state index in [0.717, 1.165) is 0 Å². The molecule has 0 saturated heterocycles. The zero-order valence-corrected chi connectivity index (χ0v) is 18.0. The van der Waals surface area contributed by atoms with Gasteiger partial charge in [0.25, 0.3) is 0 Å². The number of nitrogens with one attached hydrogen (secondary N) is 1. The number of esters is 2. The van der Waals surface area contributed by atoms with Crippen LogP contribution in [0.1, 0.15) is 35.8 Å². The van der Waals surface area contributed by atoms with Crippen molar-refractivity contribution >= 4 is 17.7 Å². The molecule has 7 nitrogen and oxygen atoms in total. The van der Waals surface area contributed by atoms with Crippen LogP contribution in [0.2, 0.25) is 0 Å². The summed E-state index contributed by atoms with van der Waals surface area (Å²) in [5, 5.41) is 2.96. The van der Waals surface area contributed by atoms with Crippen LogP contribution in [-0.4, -0.2) is 43.6 Å². The van der Waals surface area contributed by atoms with E-state index in [4.69, 9.17) is 14.2 Å². The lowest BCUT2D eigenvalue weighted by molar-refractivity contribution is -0.162. The second-order valence-electron chi connectivity index (χ2n) is 7.04. The number of benzene rings is 2. The monoisotopic (exact) mass is 441 g/mol. The van der Waals surface area contributed by atoms with Crippen molar-refractivity contribution in [2.75, 3.05) is 20.3 Å². The highest BCUT2D eigenvalue weighted by atomic mass is 19.1. The zero-order chi connectivity index (χ0) is 23.3. The number of Topliss-reactive ketones (excluding diaryl/α,β-unsaturated/α-hetero) is 1. The van der Waals surface area contributed by atoms with Gasteiger partial charge in [0.1, 0.15) is 11.6 Å². The molecule has 0 aromatic heterocycles. The highest BCUT2D eigenvalue weighted by Crippen LogP contribution is 2.37. The maximum absolute atomic E-state index is 13.4. The Balaban J connectivity index is 2.13. The molecule has 1 aliphatic rings. The first-order valence-electron chi connectivity index (χ1n) is 10.1. The van der Waals surface area contributed by atoms with Gasteiger partial charge in [0, 0.05) is 11.1 Å². The molecule has 1 N–H and O–H groups in total. The van der Waals surface area contributed by atoms with Gasteiger partial charge in [-0.05, 0) is 61.9 Å². The van der Waals surface area contributed by atoms with E-state index in [0.29, 0.717) is 11.3 Å². The summed E-state index contributed by atoms with van der Waals surface area (Å²) in [6.07, 6.45) is 1.25. The Morgan fingerprint density at radius 3 is 2.00 bits per heavy atom. The summed E-state index contributed by atoms with van der Waals surface area (Å²) in [5.74, 6) is -2.10. The van der Waals surface area contributed by atoms with Crippen molar-refractivity contribution in [3.63, 3.8) is 0 Å². The van der Waals surface area contributed by atoms with Crippen LogP contribution in [0, 0.1) is 5.82 Å². The number of carbonyl (C=O) groups is 3. The highest BCUT2D eigenvalue weighted by molar-refractivity contribution is 6.15. The SMILES string of the molecule is CCOC(=O)C1(C(=O)OCC)C=C(C(=O)c2ccc(F)cc2)[C@@H](c2ccc(OC)cc2)N1. The third-order valence-corrected chi connectivity index (χ3v) is 5.07. The predicted molar refractivity (Wildman–Crippen MR) is 114 cm³/mol. The molecule has 0 amide bonds. The average molecular weight is 441 g/mol. The van der Waals surface area contributed by atoms with E-state index in [9.17, 15) is 18.8 Å². The summed E-state index contributed by atoms with van der Waals surface area (Å²) in [7, 11) is 1.53. The maximum atomic E-state index is 13.4. The van der Waals surface area contributed by atoms with E-state index >= 15 is 0 Å². The number of rotatable bonds is 8. The highest BCUT2D eigenvalue weighted by Gasteiger charge is 2.54. The molecule has 0 aliphatic carbocycles. The lowest BCUT2D eigenvalue weighted by atomic mass is 9.93. The van der Waals surface area contributed by atoms with E-state index < -0.39 is 35.1 Å². The summed E-state index contributed by atoms with van der Waals surface area (Å²) in [6, 6.07) is 11.0. The predicted octanol–water partition coefficient (Wildman–Crippen LogP) is 3.15. The molecular weight excluding hydrogens is 417 g/mol. The molecule has 2 aromatic carbocycles. The Morgan fingerprint density at radius 2 is 1.50 bits per heavy atom. The van der Waals surface area contributed by atoms with Gasteiger partial charge >= 0.3 is 11.9 Å². The number of ketones is 1. The van der Waals surface area contributed by atoms with E-state index in [1.807, 2.05) is 0 Å². The topological polar surface area (TPSA) is 90.9 Å². The van der Waals surface area contributed by atoms with Gasteiger partial charge in [-0.1, -0.05) is 12.1 Å². The Labute approximate surface area is 185 Å². The van der Waals surface area contributed by atoms with Crippen LogP contribution in [0.25, 0.3) is 0 Å². The van der Waals surface area contributed by atoms with Gasteiger partial charge in [0.15, 0.2) is 5.78 Å². The number of methoxy groups -OCH3 is 1. The standard InChI is InChI=1S/C24H24FNO6/c1-4-31-22(28)24(23(29)32-5-2)14-19(21(27)16-6-10-17(25)11-7-16)20(26-24)15-8-12-18(30-3)13-9-15/h6-14,20,26H,4-5H2,1-3H3/t20-/m1/s1. The van der Waals surface area contributed by atoms with Gasteiger partial charge in [0.2, 0.25) is 5.54 Å². The third kappa shape index (κ3) is 4.40. The summed E-state index contributed by atoms with van der Waals surface area (Å²) in [5.41, 5.74) is -1.03. The molecule has 168 valence electrons. The molecule has 2 aromatic rings. The lowest BCUT2D eigenvalue weighted by Crippen LogP contribution is -2.56. The van der Waals surface area contributed by atoms with Crippen molar-refractivity contribution in [3.05, 3.63) is 77.1 Å². The number of ether oxygens (including phenoxy) is 3. The molecule has 1 aliphatic heterocycles. The molecular formula is C24H24FNO6. The molecule has 1 heterocycles. The minimum atomic E-state index is -2.00. The molecule has 0 saturated carbocycles. The van der Waals surface area contributed by atoms with Gasteiger partial charge in [-0.2, -0.15) is 0 Å². The van der Waals surface area contributed by atoms with E-state index in [1.54, 1.807) is 38.1 Å². The van der Waals surface area contributed by atoms with Crippen LogP contribution >= 0.6 is 0 Å². The first kappa shape index (κ1) is 23.1. The smallest absolute Gasteiger partial charge is 0.342 e. The van der Waals surface area contributed by atoms with Gasteiger partial charge in [0.05, 0.1) is 26.4 Å². The minimum Gasteiger partial charge on any atom is -0.497 e. The van der Waals surface area contributed by atoms with E-state index in [2.05, 4.69) is 5.32 Å². The van der Waals surface area contributed by atoms with Crippen molar-refractivity contribution in [3.8, 4) is 5.75 Å². The van der Waals surface area contributed by atoms with Crippen molar-refractivity contribution < 1.29 is 33.0 Å². The van der Waals surface area contributed by atoms with Crippen molar-refractivity contribution in [2.24, 2.45) is 0 Å². The largest absolute Gasteiger partial charge is 0.497 e. The molecule has 1 atom stereocenters. The van der Waals surface area contributed by atoms with Crippen LogP contribution in [0.4, 0.5) is 4.39 Å². The number of carbonyl (C=O) groups excluding carboxylic acids is 3. The number of hydrogen-bond acceptors (Lipinski definition) is 7. The molecule has 0 fully saturated rings. The van der Waals surface area contributed by atoms with Crippen LogP contribution in [0.3, 0.4) is 0 Å². The average Bonchev–Trinajstić information content (AvgIpc) is 3.22. The molecule has 0 spiro atoms. The molecule has 0 radical (unpaired) electrons. The first-order valence-corrected chi connectivity index (χ1v) is 10.1. The van der Waals surface area contributed by atoms with Gasteiger partial charge < -0.3 is 14.2 Å². The van der Waals surface area contributed by atoms with Crippen molar-refractivity contribution in [1.82, 2.24) is 5.32 Å². The fourth-order valence-electron chi connectivity index (χ4n) is 3.50. The lowest BCUT2D eigenvalue weighted by Gasteiger charge is -2.26. The maximum Gasteiger partial charge on any atom is 0.342 e. The van der Waals surface area contributed by atoms with Crippen molar-refractivity contribution in [1.29, 1.82) is 0 Å². The molecule has 8 heteroatoms. The van der Waals surface area contributed by atoms with Gasteiger partial charge in [-0.15, -0.1) is 0 Å². The van der Waals surface area contributed by atoms with Crippen LogP contribution in [0.15, 0.2) is 60.2 Å². The first-order chi connectivity index (χ1) is 15.4. The summed E-state index contributed by atoms with van der Waals surface area (Å²) >= 11 is 0. The van der Waals surface area contributed by atoms with E-state index in [1.165, 1.54) is 37.5 Å². The van der Waals surface area contributed by atoms with E-state index in [-0.39, 0.29) is 24.4 Å². The Morgan fingerprint density at radius 1 is 0.938 bits per heavy atom. The third-order valence-electron chi connectivity index (χ3n) is 5.07. The van der Waals surface area contributed by atoms with Crippen molar-refractivity contribution in [2.45, 2.75) is 25.4 Å². The van der Waals surface area contributed by atoms with Gasteiger partial charge in [-0.3, -0.25) is 10.1 Å². The van der Waals surface area contributed by atoms with Crippen LogP contribution < -0.4 is 10.1 Å². The number of halogens is 1. The Hall–Kier alpha value is -3.52. The van der Waals surface area contributed by atoms with Crippen LogP contribution in [0.5, 0.6) is 5.75 Å². The Kier molecular flexibility index (Phi) is 7.05. The summed E-state index contributed by atoms with van der Waals surface area (Å²) < 4.78 is 28.8. The fourth-order valence-corrected chi connectivity index (χ4v) is 3.50. The molecule has 0 bridgehead atoms. The normalized spacial score (nSPS) is 16.8. The second kappa shape index (κ2) is 9.74. The van der Waals surface area contributed by atoms with Crippen LogP contribution in [-0.2, 0) is 19.1 Å². The molecule has 3 rings (SSSR count). The molecule has 0 unspecified atom stereocenters. The van der Waals surface area contributed by atoms with Gasteiger partial charge in [-0.25, -0.2) is 14.0 Å². The molecule has 32 heavy (non-hydrogen) atoms.